The van der Waals surface area contributed by atoms with Crippen LogP contribution in [0.2, 0.25) is 0 Å². The number of nitrogens with one attached hydrogen (secondary N) is 1. The number of anilines is 1. The van der Waals surface area contributed by atoms with E-state index in [-0.39, 0.29) is 0 Å². The number of amides is 1. The molecule has 31 heavy (non-hydrogen) atoms. The van der Waals surface area contributed by atoms with E-state index in [9.17, 15) is 15.3 Å². The maximum Gasteiger partial charge on any atom is 0.212 e. The molecule has 1 aromatic carbocycles. The first kappa shape index (κ1) is 23.6. The summed E-state index contributed by atoms with van der Waals surface area (Å²) in [6.45, 7) is 9.98. The van der Waals surface area contributed by atoms with Crippen molar-refractivity contribution < 1.29 is 10.0 Å². The van der Waals surface area contributed by atoms with E-state index >= 15 is 0 Å². The third-order valence-electron chi connectivity index (χ3n) is 5.31. The van der Waals surface area contributed by atoms with Crippen LogP contribution in [0.1, 0.15) is 58.6 Å². The second-order valence-corrected chi connectivity index (χ2v) is 7.17. The van der Waals surface area contributed by atoms with Crippen LogP contribution in [0, 0.1) is 11.3 Å². The Bertz CT molecular complexity index is 1150. The minimum Gasteiger partial charge on any atom is -0.411 e. The second kappa shape index (κ2) is 10.9. The number of fused-ring (bicyclic) bond motifs is 1. The summed E-state index contributed by atoms with van der Waals surface area (Å²) in [6.07, 6.45) is 7.70. The normalized spacial score (nSPS) is 13.6. The van der Waals surface area contributed by atoms with Gasteiger partial charge in [0.15, 0.2) is 0 Å². The third-order valence-corrected chi connectivity index (χ3v) is 5.31. The molecule has 0 fully saturated rings. The summed E-state index contributed by atoms with van der Waals surface area (Å²) in [5, 5.41) is 27.0. The number of carbonyl (C=O) groups excluding carboxylic acids is 1. The molecule has 6 heteroatoms. The van der Waals surface area contributed by atoms with Crippen molar-refractivity contribution in [3.05, 3.63) is 64.4 Å². The number of aromatic nitrogens is 1. The molecule has 2 aromatic rings. The molecule has 0 spiro atoms. The largest absolute Gasteiger partial charge is 0.411 e. The summed E-state index contributed by atoms with van der Waals surface area (Å²) >= 11 is 0. The van der Waals surface area contributed by atoms with Gasteiger partial charge in [-0.05, 0) is 80.0 Å². The van der Waals surface area contributed by atoms with Gasteiger partial charge in [-0.25, -0.2) is 4.98 Å². The monoisotopic (exact) mass is 416 g/mol. The number of nitrogens with zero attached hydrogens (tertiary/aromatic N) is 3. The van der Waals surface area contributed by atoms with Crippen molar-refractivity contribution in [2.45, 2.75) is 47.5 Å². The number of pyridine rings is 1. The molecule has 2 rings (SSSR count). The Morgan fingerprint density at radius 3 is 2.52 bits per heavy atom. The lowest BCUT2D eigenvalue weighted by Gasteiger charge is -2.15. The lowest BCUT2D eigenvalue weighted by atomic mass is 9.90. The Hall–Kier alpha value is -3.72. The fraction of sp³-hybridized carbons (Fsp3) is 0.280. The van der Waals surface area contributed by atoms with Crippen LogP contribution >= 0.6 is 0 Å². The van der Waals surface area contributed by atoms with Gasteiger partial charge in [0, 0.05) is 17.1 Å². The summed E-state index contributed by atoms with van der Waals surface area (Å²) in [7, 11) is 0. The SMILES string of the molecule is C\C=C(/C(C)=C\C(C(\CC)=N/O)=C(/C)CC)c1cc2cnc(NC=O)cc2cc1C#N. The van der Waals surface area contributed by atoms with E-state index in [1.54, 1.807) is 18.3 Å². The molecule has 1 amide bonds. The molecule has 0 aliphatic carbocycles. The quantitative estimate of drug-likeness (QED) is 0.181. The molecule has 0 aliphatic heterocycles. The first-order valence-electron chi connectivity index (χ1n) is 10.2. The highest BCUT2D eigenvalue weighted by atomic mass is 16.4. The summed E-state index contributed by atoms with van der Waals surface area (Å²) in [5.74, 6) is 0.432. The van der Waals surface area contributed by atoms with E-state index in [2.05, 4.69) is 28.4 Å². The van der Waals surface area contributed by atoms with E-state index < -0.39 is 0 Å². The Labute approximate surface area is 183 Å². The molecule has 0 atom stereocenters. The second-order valence-electron chi connectivity index (χ2n) is 7.17. The van der Waals surface area contributed by atoms with Crippen molar-refractivity contribution in [1.29, 1.82) is 5.26 Å². The van der Waals surface area contributed by atoms with Crippen LogP contribution in [0.25, 0.3) is 16.3 Å². The van der Waals surface area contributed by atoms with Gasteiger partial charge in [0.1, 0.15) is 5.82 Å². The standard InChI is InChI=1S/C25H28N4O2/c1-6-16(4)22(24(8-3)29-31)9-17(5)21(7-2)23-11-20-14-27-25(28-15-30)12-18(20)10-19(23)13-26/h7,9-12,14-15,31H,6,8H2,1-5H3,(H,27,28,30)/b17-9-,21-7+,22-16-,29-24-. The Morgan fingerprint density at radius 2 is 1.97 bits per heavy atom. The van der Waals surface area contributed by atoms with Crippen molar-refractivity contribution in [2.75, 3.05) is 5.32 Å². The van der Waals surface area contributed by atoms with Gasteiger partial charge in [-0.1, -0.05) is 30.7 Å². The van der Waals surface area contributed by atoms with Gasteiger partial charge in [0.25, 0.3) is 0 Å². The van der Waals surface area contributed by atoms with Crippen LogP contribution in [0.4, 0.5) is 5.82 Å². The highest BCUT2D eigenvalue weighted by Crippen LogP contribution is 2.31. The number of rotatable bonds is 8. The molecular weight excluding hydrogens is 388 g/mol. The maximum absolute atomic E-state index is 10.7. The smallest absolute Gasteiger partial charge is 0.212 e. The zero-order valence-corrected chi connectivity index (χ0v) is 18.7. The molecule has 6 nitrogen and oxygen atoms in total. The Balaban J connectivity index is 2.66. The number of nitriles is 1. The first-order valence-corrected chi connectivity index (χ1v) is 10.2. The molecular formula is C25H28N4O2. The van der Waals surface area contributed by atoms with Crippen LogP contribution in [0.3, 0.4) is 0 Å². The summed E-state index contributed by atoms with van der Waals surface area (Å²) in [5.41, 5.74) is 5.88. The highest BCUT2D eigenvalue weighted by molar-refractivity contribution is 6.03. The maximum atomic E-state index is 10.7. The van der Waals surface area contributed by atoms with E-state index in [1.165, 1.54) is 0 Å². The first-order chi connectivity index (χ1) is 14.9. The fourth-order valence-electron chi connectivity index (χ4n) is 3.50. The molecule has 0 bridgehead atoms. The van der Waals surface area contributed by atoms with Crippen LogP contribution in [0.5, 0.6) is 0 Å². The van der Waals surface area contributed by atoms with Crippen molar-refractivity contribution in [2.24, 2.45) is 5.16 Å². The minimum atomic E-state index is 0.432. The van der Waals surface area contributed by atoms with E-state index in [0.717, 1.165) is 45.0 Å². The molecule has 0 saturated carbocycles. The van der Waals surface area contributed by atoms with Crippen LogP contribution < -0.4 is 5.32 Å². The highest BCUT2D eigenvalue weighted by Gasteiger charge is 2.14. The fourth-order valence-corrected chi connectivity index (χ4v) is 3.50. The summed E-state index contributed by atoms with van der Waals surface area (Å²) in [4.78, 5) is 14.9. The molecule has 1 heterocycles. The minimum absolute atomic E-state index is 0.432. The van der Waals surface area contributed by atoms with Gasteiger partial charge in [0.2, 0.25) is 6.41 Å². The molecule has 0 saturated heterocycles. The third kappa shape index (κ3) is 5.26. The van der Waals surface area contributed by atoms with E-state index in [4.69, 9.17) is 0 Å². The van der Waals surface area contributed by atoms with Gasteiger partial charge in [-0.15, -0.1) is 0 Å². The number of benzene rings is 1. The zero-order valence-electron chi connectivity index (χ0n) is 18.7. The number of hydrogen-bond acceptors (Lipinski definition) is 5. The molecule has 160 valence electrons. The lowest BCUT2D eigenvalue weighted by molar-refractivity contribution is -0.105. The Kier molecular flexibility index (Phi) is 8.27. The molecule has 0 unspecified atom stereocenters. The van der Waals surface area contributed by atoms with Gasteiger partial charge in [-0.3, -0.25) is 4.79 Å². The average Bonchev–Trinajstić information content (AvgIpc) is 2.78. The van der Waals surface area contributed by atoms with Crippen LogP contribution in [0.15, 0.2) is 58.4 Å². The summed E-state index contributed by atoms with van der Waals surface area (Å²) < 4.78 is 0. The predicted octanol–water partition coefficient (Wildman–Crippen LogP) is 5.99. The molecule has 1 aromatic heterocycles. The summed E-state index contributed by atoms with van der Waals surface area (Å²) in [6, 6.07) is 7.77. The molecule has 0 radical (unpaired) electrons. The van der Waals surface area contributed by atoms with Crippen molar-refractivity contribution in [3.8, 4) is 6.07 Å². The average molecular weight is 417 g/mol. The van der Waals surface area contributed by atoms with Crippen molar-refractivity contribution in [1.82, 2.24) is 4.98 Å². The number of oxime groups is 1. The van der Waals surface area contributed by atoms with Crippen molar-refractivity contribution in [3.63, 3.8) is 0 Å². The Morgan fingerprint density at radius 1 is 1.23 bits per heavy atom. The zero-order chi connectivity index (χ0) is 23.0. The lowest BCUT2D eigenvalue weighted by Crippen LogP contribution is -2.04. The van der Waals surface area contributed by atoms with E-state index in [1.807, 2.05) is 45.9 Å². The van der Waals surface area contributed by atoms with E-state index in [0.29, 0.717) is 29.9 Å². The number of allylic oxidation sites excluding steroid dienone is 6. The molecule has 0 aliphatic rings. The van der Waals surface area contributed by atoms with Gasteiger partial charge in [0.05, 0.1) is 17.3 Å². The van der Waals surface area contributed by atoms with Crippen molar-refractivity contribution >= 4 is 34.3 Å². The number of hydrogen-bond donors (Lipinski definition) is 2. The van der Waals surface area contributed by atoms with Crippen LogP contribution in [-0.2, 0) is 4.79 Å². The van der Waals surface area contributed by atoms with Gasteiger partial charge in [-0.2, -0.15) is 5.26 Å². The van der Waals surface area contributed by atoms with Crippen LogP contribution in [-0.4, -0.2) is 22.3 Å². The van der Waals surface area contributed by atoms with Gasteiger partial charge < -0.3 is 10.5 Å². The molecule has 2 N–H and O–H groups in total. The number of carbonyl (C=O) groups is 1. The van der Waals surface area contributed by atoms with Gasteiger partial charge >= 0.3 is 0 Å². The predicted molar refractivity (Wildman–Crippen MR) is 126 cm³/mol. The topological polar surface area (TPSA) is 98.4 Å².